The number of rotatable bonds is 2. The van der Waals surface area contributed by atoms with Gasteiger partial charge in [0.05, 0.1) is 12.8 Å². The van der Waals surface area contributed by atoms with Crippen LogP contribution in [0.3, 0.4) is 0 Å². The first-order valence-electron chi connectivity index (χ1n) is 5.39. The highest BCUT2D eigenvalue weighted by Gasteiger charge is 2.30. The zero-order chi connectivity index (χ0) is 12.4. The quantitative estimate of drug-likeness (QED) is 0.844. The van der Waals surface area contributed by atoms with Gasteiger partial charge >= 0.3 is 6.03 Å². The summed E-state index contributed by atoms with van der Waals surface area (Å²) in [6, 6.07) is 6.32. The van der Waals surface area contributed by atoms with E-state index in [1.165, 1.54) is 0 Å². The number of benzene rings is 1. The molecule has 0 aliphatic carbocycles. The summed E-state index contributed by atoms with van der Waals surface area (Å²) in [5, 5.41) is 2.72. The van der Waals surface area contributed by atoms with E-state index >= 15 is 0 Å². The third kappa shape index (κ3) is 2.22. The topological polar surface area (TPSA) is 58.6 Å². The van der Waals surface area contributed by atoms with Crippen molar-refractivity contribution < 1.29 is 14.3 Å². The molecule has 1 aromatic rings. The molecule has 0 radical (unpaired) electrons. The number of carbonyl (C=O) groups excluding carboxylic acids is 2. The van der Waals surface area contributed by atoms with Gasteiger partial charge in [0.15, 0.2) is 0 Å². The van der Waals surface area contributed by atoms with Gasteiger partial charge < -0.3 is 10.1 Å². The molecule has 90 valence electrons. The van der Waals surface area contributed by atoms with Gasteiger partial charge in [0, 0.05) is 12.5 Å². The number of hydrogen-bond acceptors (Lipinski definition) is 3. The minimum absolute atomic E-state index is 0.107. The third-order valence-corrected chi connectivity index (χ3v) is 2.63. The Morgan fingerprint density at radius 1 is 1.29 bits per heavy atom. The van der Waals surface area contributed by atoms with Crippen molar-refractivity contribution in [1.29, 1.82) is 0 Å². The smallest absolute Gasteiger partial charge is 0.328 e. The molecule has 17 heavy (non-hydrogen) atoms. The predicted molar refractivity (Wildman–Crippen MR) is 63.1 cm³/mol. The van der Waals surface area contributed by atoms with Crippen LogP contribution in [0.25, 0.3) is 0 Å². The highest BCUT2D eigenvalue weighted by molar-refractivity contribution is 6.16. The van der Waals surface area contributed by atoms with E-state index in [0.29, 0.717) is 17.9 Å². The Hall–Kier alpha value is -2.04. The van der Waals surface area contributed by atoms with Crippen LogP contribution in [-0.4, -0.2) is 25.1 Å². The number of anilines is 1. The van der Waals surface area contributed by atoms with Gasteiger partial charge in [-0.3, -0.25) is 4.79 Å². The van der Waals surface area contributed by atoms with Crippen molar-refractivity contribution in [1.82, 2.24) is 5.32 Å². The van der Waals surface area contributed by atoms with E-state index in [4.69, 9.17) is 4.74 Å². The second-order valence-electron chi connectivity index (χ2n) is 3.98. The highest BCUT2D eigenvalue weighted by atomic mass is 16.5. The highest BCUT2D eigenvalue weighted by Crippen LogP contribution is 2.22. The fraction of sp³-hybridized carbons (Fsp3) is 0.333. The first kappa shape index (κ1) is 11.4. The molecule has 1 fully saturated rings. The molecule has 2 rings (SSSR count). The van der Waals surface area contributed by atoms with E-state index in [-0.39, 0.29) is 18.0 Å². The first-order chi connectivity index (χ1) is 8.11. The number of nitrogens with zero attached hydrogens (tertiary/aromatic N) is 1. The number of methoxy groups -OCH3 is 1. The van der Waals surface area contributed by atoms with Gasteiger partial charge in [-0.15, -0.1) is 0 Å². The zero-order valence-corrected chi connectivity index (χ0v) is 9.77. The molecule has 1 unspecified atom stereocenters. The summed E-state index contributed by atoms with van der Waals surface area (Å²) in [6.45, 7) is 1.81. The Morgan fingerprint density at radius 3 is 2.47 bits per heavy atom. The summed E-state index contributed by atoms with van der Waals surface area (Å²) in [5.74, 6) is 0.499. The summed E-state index contributed by atoms with van der Waals surface area (Å²) >= 11 is 0. The maximum Gasteiger partial charge on any atom is 0.328 e. The van der Waals surface area contributed by atoms with Crippen molar-refractivity contribution in [2.24, 2.45) is 0 Å². The molecule has 1 heterocycles. The molecule has 1 N–H and O–H groups in total. The number of hydrogen-bond donors (Lipinski definition) is 1. The van der Waals surface area contributed by atoms with Gasteiger partial charge in [0.2, 0.25) is 5.91 Å². The molecular weight excluding hydrogens is 220 g/mol. The van der Waals surface area contributed by atoms with E-state index in [2.05, 4.69) is 5.32 Å². The Kier molecular flexibility index (Phi) is 2.99. The fourth-order valence-corrected chi connectivity index (χ4v) is 1.79. The molecule has 1 atom stereocenters. The largest absolute Gasteiger partial charge is 0.497 e. The van der Waals surface area contributed by atoms with E-state index < -0.39 is 0 Å². The lowest BCUT2D eigenvalue weighted by molar-refractivity contribution is -0.118. The van der Waals surface area contributed by atoms with Gasteiger partial charge in [-0.1, -0.05) is 0 Å². The van der Waals surface area contributed by atoms with Crippen molar-refractivity contribution in [3.05, 3.63) is 24.3 Å². The molecule has 0 spiro atoms. The maximum atomic E-state index is 11.8. The van der Waals surface area contributed by atoms with Crippen LogP contribution in [0.1, 0.15) is 13.3 Å². The van der Waals surface area contributed by atoms with Crippen LogP contribution in [0.2, 0.25) is 0 Å². The molecule has 1 saturated heterocycles. The number of ether oxygens (including phenoxy) is 1. The molecule has 1 aromatic carbocycles. The molecule has 0 saturated carbocycles. The lowest BCUT2D eigenvalue weighted by Gasteiger charge is -2.29. The minimum atomic E-state index is -0.376. The molecule has 0 aromatic heterocycles. The van der Waals surface area contributed by atoms with Crippen molar-refractivity contribution in [2.75, 3.05) is 12.0 Å². The Bertz CT molecular complexity index is 424. The van der Waals surface area contributed by atoms with Crippen LogP contribution in [0, 0.1) is 0 Å². The standard InChI is InChI=1S/C12H14N2O3/c1-8-7-11(15)14(12(16)13-8)9-3-5-10(17-2)6-4-9/h3-6,8H,7H2,1-2H3,(H,13,16). The van der Waals surface area contributed by atoms with Crippen LogP contribution in [0.4, 0.5) is 10.5 Å². The average Bonchev–Trinajstić information content (AvgIpc) is 2.28. The maximum absolute atomic E-state index is 11.8. The molecule has 0 bridgehead atoms. The van der Waals surface area contributed by atoms with Crippen LogP contribution < -0.4 is 15.0 Å². The molecule has 5 heteroatoms. The second-order valence-corrected chi connectivity index (χ2v) is 3.98. The number of amides is 3. The number of carbonyl (C=O) groups is 2. The number of urea groups is 1. The van der Waals surface area contributed by atoms with E-state index in [9.17, 15) is 9.59 Å². The first-order valence-corrected chi connectivity index (χ1v) is 5.39. The minimum Gasteiger partial charge on any atom is -0.497 e. The average molecular weight is 234 g/mol. The van der Waals surface area contributed by atoms with E-state index in [1.54, 1.807) is 38.3 Å². The van der Waals surface area contributed by atoms with Crippen LogP contribution in [-0.2, 0) is 4.79 Å². The van der Waals surface area contributed by atoms with Gasteiger partial charge in [0.25, 0.3) is 0 Å². The fourth-order valence-electron chi connectivity index (χ4n) is 1.79. The lowest BCUT2D eigenvalue weighted by Crippen LogP contribution is -2.54. The van der Waals surface area contributed by atoms with E-state index in [1.807, 2.05) is 0 Å². The SMILES string of the molecule is COc1ccc(N2C(=O)CC(C)NC2=O)cc1. The molecule has 5 nitrogen and oxygen atoms in total. The van der Waals surface area contributed by atoms with E-state index in [0.717, 1.165) is 4.90 Å². The molecule has 1 aliphatic rings. The Labute approximate surface area is 99.4 Å². The normalized spacial score (nSPS) is 20.1. The Balaban J connectivity index is 2.25. The van der Waals surface area contributed by atoms with Crippen molar-refractivity contribution >= 4 is 17.6 Å². The summed E-state index contributed by atoms with van der Waals surface area (Å²) in [5.41, 5.74) is 0.556. The van der Waals surface area contributed by atoms with Crippen molar-refractivity contribution in [3.63, 3.8) is 0 Å². The van der Waals surface area contributed by atoms with Crippen LogP contribution >= 0.6 is 0 Å². The summed E-state index contributed by atoms with van der Waals surface area (Å²) in [6.07, 6.45) is 0.317. The number of imide groups is 1. The second kappa shape index (κ2) is 4.45. The van der Waals surface area contributed by atoms with Gasteiger partial charge in [-0.2, -0.15) is 0 Å². The van der Waals surface area contributed by atoms with Crippen molar-refractivity contribution in [2.45, 2.75) is 19.4 Å². The van der Waals surface area contributed by atoms with Gasteiger partial charge in [0.1, 0.15) is 5.75 Å². The molecule has 3 amide bonds. The van der Waals surface area contributed by atoms with Crippen LogP contribution in [0.15, 0.2) is 24.3 Å². The summed E-state index contributed by atoms with van der Waals surface area (Å²) in [7, 11) is 1.56. The summed E-state index contributed by atoms with van der Waals surface area (Å²) < 4.78 is 5.02. The predicted octanol–water partition coefficient (Wildman–Crippen LogP) is 1.53. The Morgan fingerprint density at radius 2 is 1.94 bits per heavy atom. The summed E-state index contributed by atoms with van der Waals surface area (Å²) in [4.78, 5) is 24.7. The molecule has 1 aliphatic heterocycles. The molecular formula is C12H14N2O3. The zero-order valence-electron chi connectivity index (χ0n) is 9.77. The third-order valence-electron chi connectivity index (χ3n) is 2.63. The van der Waals surface area contributed by atoms with Crippen LogP contribution in [0.5, 0.6) is 5.75 Å². The van der Waals surface area contributed by atoms with Gasteiger partial charge in [-0.05, 0) is 31.2 Å². The number of nitrogens with one attached hydrogen (secondary N) is 1. The van der Waals surface area contributed by atoms with Crippen molar-refractivity contribution in [3.8, 4) is 5.75 Å². The monoisotopic (exact) mass is 234 g/mol. The van der Waals surface area contributed by atoms with Gasteiger partial charge in [-0.25, -0.2) is 9.69 Å². The lowest BCUT2D eigenvalue weighted by atomic mass is 10.1.